The average molecular weight is 273 g/mol. The van der Waals surface area contributed by atoms with Crippen LogP contribution in [0.25, 0.3) is 10.9 Å². The number of aromatic nitrogens is 1. The average Bonchev–Trinajstić information content (AvgIpc) is 2.90. The summed E-state index contributed by atoms with van der Waals surface area (Å²) in [5, 5.41) is 4.19. The highest BCUT2D eigenvalue weighted by atomic mass is 16.5. The molecular formula is C15H19N3O2. The molecule has 1 amide bonds. The number of nitrogens with zero attached hydrogens (tertiary/aromatic N) is 1. The van der Waals surface area contributed by atoms with Crippen molar-refractivity contribution < 1.29 is 9.53 Å². The minimum Gasteiger partial charge on any atom is -0.495 e. The molecule has 2 heterocycles. The molecule has 0 spiro atoms. The molecule has 1 fully saturated rings. The summed E-state index contributed by atoms with van der Waals surface area (Å²) in [6.45, 7) is 5.24. The van der Waals surface area contributed by atoms with E-state index in [1.807, 2.05) is 24.0 Å². The van der Waals surface area contributed by atoms with Gasteiger partial charge >= 0.3 is 0 Å². The molecule has 0 radical (unpaired) electrons. The predicted octanol–water partition coefficient (Wildman–Crippen LogP) is 1.53. The van der Waals surface area contributed by atoms with Crippen molar-refractivity contribution in [3.05, 3.63) is 29.5 Å². The van der Waals surface area contributed by atoms with E-state index in [2.05, 4.69) is 10.3 Å². The smallest absolute Gasteiger partial charge is 0.256 e. The number of hydrogen-bond donors (Lipinski definition) is 2. The fourth-order valence-electron chi connectivity index (χ4n) is 2.71. The Morgan fingerprint density at radius 2 is 2.05 bits per heavy atom. The second-order valence-electron chi connectivity index (χ2n) is 5.13. The molecule has 5 heteroatoms. The van der Waals surface area contributed by atoms with Crippen molar-refractivity contribution >= 4 is 16.8 Å². The molecule has 1 saturated heterocycles. The van der Waals surface area contributed by atoms with Gasteiger partial charge in [-0.3, -0.25) is 4.79 Å². The topological polar surface area (TPSA) is 57.4 Å². The van der Waals surface area contributed by atoms with E-state index in [9.17, 15) is 4.79 Å². The van der Waals surface area contributed by atoms with Gasteiger partial charge in [-0.25, -0.2) is 0 Å². The number of rotatable bonds is 2. The van der Waals surface area contributed by atoms with E-state index in [1.54, 1.807) is 13.3 Å². The van der Waals surface area contributed by atoms with Gasteiger partial charge in [-0.2, -0.15) is 0 Å². The monoisotopic (exact) mass is 273 g/mol. The Morgan fingerprint density at radius 3 is 2.75 bits per heavy atom. The van der Waals surface area contributed by atoms with Crippen LogP contribution in [0.15, 0.2) is 18.3 Å². The third kappa shape index (κ3) is 2.14. The highest BCUT2D eigenvalue weighted by Gasteiger charge is 2.21. The maximum Gasteiger partial charge on any atom is 0.256 e. The summed E-state index contributed by atoms with van der Waals surface area (Å²) >= 11 is 0. The number of methoxy groups -OCH3 is 1. The molecule has 1 aliphatic heterocycles. The van der Waals surface area contributed by atoms with Crippen molar-refractivity contribution in [2.75, 3.05) is 33.3 Å². The Hall–Kier alpha value is -2.01. The van der Waals surface area contributed by atoms with Crippen molar-refractivity contribution in [2.24, 2.45) is 0 Å². The van der Waals surface area contributed by atoms with Crippen LogP contribution in [0.5, 0.6) is 5.75 Å². The maximum atomic E-state index is 12.6. The number of carbonyl (C=O) groups excluding carboxylic acids is 1. The minimum absolute atomic E-state index is 0.0883. The summed E-state index contributed by atoms with van der Waals surface area (Å²) in [6.07, 6.45) is 1.79. The molecule has 1 aliphatic rings. The summed E-state index contributed by atoms with van der Waals surface area (Å²) < 4.78 is 5.38. The number of aromatic amines is 1. The molecule has 1 aromatic carbocycles. The largest absolute Gasteiger partial charge is 0.495 e. The normalized spacial score (nSPS) is 15.6. The first-order chi connectivity index (χ1) is 9.70. The molecule has 1 aromatic heterocycles. The lowest BCUT2D eigenvalue weighted by atomic mass is 10.1. The molecule has 0 unspecified atom stereocenters. The molecule has 5 nitrogen and oxygen atoms in total. The van der Waals surface area contributed by atoms with Crippen LogP contribution in [-0.4, -0.2) is 49.1 Å². The van der Waals surface area contributed by atoms with Crippen LogP contribution >= 0.6 is 0 Å². The Kier molecular flexibility index (Phi) is 3.36. The first-order valence-electron chi connectivity index (χ1n) is 6.86. The van der Waals surface area contributed by atoms with Gasteiger partial charge in [0.1, 0.15) is 5.75 Å². The number of ether oxygens (including phenoxy) is 1. The molecule has 2 N–H and O–H groups in total. The zero-order valence-corrected chi connectivity index (χ0v) is 11.8. The number of fused-ring (bicyclic) bond motifs is 1. The molecular weight excluding hydrogens is 254 g/mol. The van der Waals surface area contributed by atoms with Gasteiger partial charge in [0.2, 0.25) is 0 Å². The van der Waals surface area contributed by atoms with E-state index in [1.165, 1.54) is 0 Å². The Balaban J connectivity index is 2.03. The van der Waals surface area contributed by atoms with Gasteiger partial charge in [-0.05, 0) is 24.6 Å². The lowest BCUT2D eigenvalue weighted by Gasteiger charge is -2.27. The van der Waals surface area contributed by atoms with Gasteiger partial charge in [0.05, 0.1) is 18.2 Å². The number of hydrogen-bond acceptors (Lipinski definition) is 3. The standard InChI is InChI=1S/C15H19N3O2/c1-10-7-11-12(9-17-14(11)13(8-10)20-2)15(19)18-5-3-16-4-6-18/h7-9,16-17H,3-6H2,1-2H3. The van der Waals surface area contributed by atoms with E-state index in [-0.39, 0.29) is 5.91 Å². The van der Waals surface area contributed by atoms with Gasteiger partial charge in [-0.1, -0.05) is 0 Å². The molecule has 106 valence electrons. The molecule has 0 aliphatic carbocycles. The third-order valence-corrected chi connectivity index (χ3v) is 3.75. The second-order valence-corrected chi connectivity index (χ2v) is 5.13. The zero-order chi connectivity index (χ0) is 14.1. The number of H-pyrrole nitrogens is 1. The summed E-state index contributed by atoms with van der Waals surface area (Å²) in [4.78, 5) is 17.7. The van der Waals surface area contributed by atoms with E-state index in [0.29, 0.717) is 0 Å². The predicted molar refractivity (Wildman–Crippen MR) is 78.4 cm³/mol. The van der Waals surface area contributed by atoms with Crippen molar-refractivity contribution in [2.45, 2.75) is 6.92 Å². The number of benzene rings is 1. The number of nitrogens with one attached hydrogen (secondary N) is 2. The van der Waals surface area contributed by atoms with Crippen LogP contribution in [0.1, 0.15) is 15.9 Å². The number of aryl methyl sites for hydroxylation is 1. The van der Waals surface area contributed by atoms with Gasteiger partial charge in [0.25, 0.3) is 5.91 Å². The highest BCUT2D eigenvalue weighted by Crippen LogP contribution is 2.29. The third-order valence-electron chi connectivity index (χ3n) is 3.75. The first kappa shape index (κ1) is 13.0. The van der Waals surface area contributed by atoms with E-state index in [4.69, 9.17) is 4.74 Å². The van der Waals surface area contributed by atoms with Crippen molar-refractivity contribution in [1.29, 1.82) is 0 Å². The Morgan fingerprint density at radius 1 is 1.30 bits per heavy atom. The second kappa shape index (κ2) is 5.17. The minimum atomic E-state index is 0.0883. The lowest BCUT2D eigenvalue weighted by Crippen LogP contribution is -2.46. The molecule has 0 saturated carbocycles. The summed E-state index contributed by atoms with van der Waals surface area (Å²) in [6, 6.07) is 4.00. The van der Waals surface area contributed by atoms with Crippen LogP contribution in [0.4, 0.5) is 0 Å². The number of piperazine rings is 1. The van der Waals surface area contributed by atoms with E-state index < -0.39 is 0 Å². The van der Waals surface area contributed by atoms with E-state index >= 15 is 0 Å². The van der Waals surface area contributed by atoms with Crippen LogP contribution < -0.4 is 10.1 Å². The lowest BCUT2D eigenvalue weighted by molar-refractivity contribution is 0.0738. The first-order valence-corrected chi connectivity index (χ1v) is 6.86. The van der Waals surface area contributed by atoms with Crippen molar-refractivity contribution in [3.63, 3.8) is 0 Å². The Labute approximate surface area is 117 Å². The summed E-state index contributed by atoms with van der Waals surface area (Å²) in [7, 11) is 1.65. The molecule has 20 heavy (non-hydrogen) atoms. The number of carbonyl (C=O) groups is 1. The van der Waals surface area contributed by atoms with Gasteiger partial charge in [-0.15, -0.1) is 0 Å². The fraction of sp³-hybridized carbons (Fsp3) is 0.400. The zero-order valence-electron chi connectivity index (χ0n) is 11.8. The molecule has 3 rings (SSSR count). The highest BCUT2D eigenvalue weighted by molar-refractivity contribution is 6.08. The van der Waals surface area contributed by atoms with Crippen LogP contribution in [0.3, 0.4) is 0 Å². The molecule has 0 atom stereocenters. The van der Waals surface area contributed by atoms with Gasteiger partial charge < -0.3 is 19.9 Å². The molecule has 0 bridgehead atoms. The van der Waals surface area contributed by atoms with Crippen molar-refractivity contribution in [1.82, 2.24) is 15.2 Å². The number of amides is 1. The summed E-state index contributed by atoms with van der Waals surface area (Å²) in [5.41, 5.74) is 2.70. The van der Waals surface area contributed by atoms with Crippen LogP contribution in [-0.2, 0) is 0 Å². The van der Waals surface area contributed by atoms with Crippen LogP contribution in [0.2, 0.25) is 0 Å². The SMILES string of the molecule is COc1cc(C)cc2c(C(=O)N3CCNCC3)c[nH]c12. The van der Waals surface area contributed by atoms with Gasteiger partial charge in [0, 0.05) is 37.8 Å². The maximum absolute atomic E-state index is 12.6. The van der Waals surface area contributed by atoms with E-state index in [0.717, 1.165) is 54.0 Å². The van der Waals surface area contributed by atoms with Gasteiger partial charge in [0.15, 0.2) is 0 Å². The summed E-state index contributed by atoms with van der Waals surface area (Å²) in [5.74, 6) is 0.866. The molecule has 2 aromatic rings. The van der Waals surface area contributed by atoms with Crippen molar-refractivity contribution in [3.8, 4) is 5.75 Å². The Bertz CT molecular complexity index is 642. The van der Waals surface area contributed by atoms with Crippen LogP contribution in [0, 0.1) is 6.92 Å². The quantitative estimate of drug-likeness (QED) is 0.872. The fourth-order valence-corrected chi connectivity index (χ4v) is 2.71.